The highest BCUT2D eigenvalue weighted by molar-refractivity contribution is 7.79. The highest BCUT2D eigenvalue weighted by Crippen LogP contribution is 2.61. The van der Waals surface area contributed by atoms with Crippen molar-refractivity contribution >= 4 is 17.8 Å². The summed E-state index contributed by atoms with van der Waals surface area (Å²) in [5.41, 5.74) is 0.352. The van der Waals surface area contributed by atoms with E-state index in [-0.39, 0.29) is 0 Å². The zero-order chi connectivity index (χ0) is 15.0. The summed E-state index contributed by atoms with van der Waals surface area (Å²) in [6.45, 7) is 0. The third-order valence-corrected chi connectivity index (χ3v) is 9.50. The van der Waals surface area contributed by atoms with Gasteiger partial charge in [-0.1, -0.05) is 73.5 Å². The normalized spacial score (nSPS) is 27.7. The van der Waals surface area contributed by atoms with E-state index in [1.54, 1.807) is 0 Å². The van der Waals surface area contributed by atoms with Crippen LogP contribution in [-0.2, 0) is 4.57 Å². The molecule has 0 bridgehead atoms. The lowest BCUT2D eigenvalue weighted by Gasteiger charge is -2.30. The quantitative estimate of drug-likeness (QED) is 0.758. The fourth-order valence-corrected chi connectivity index (χ4v) is 8.55. The van der Waals surface area contributed by atoms with Crippen molar-refractivity contribution in [1.29, 1.82) is 0 Å². The molecule has 0 aromatic heterocycles. The van der Waals surface area contributed by atoms with Gasteiger partial charge in [-0.05, 0) is 31.1 Å². The maximum Gasteiger partial charge on any atom is 0.146 e. The third-order valence-electron chi connectivity index (χ3n) is 5.79. The Morgan fingerprint density at radius 3 is 1.91 bits per heavy atom. The molecule has 2 aromatic rings. The van der Waals surface area contributed by atoms with Gasteiger partial charge in [-0.3, -0.25) is 0 Å². The van der Waals surface area contributed by atoms with Crippen molar-refractivity contribution in [2.75, 3.05) is 0 Å². The highest BCUT2D eigenvalue weighted by Gasteiger charge is 2.48. The first-order chi connectivity index (χ1) is 10.8. The highest BCUT2D eigenvalue weighted by atomic mass is 31.2. The lowest BCUT2D eigenvalue weighted by molar-refractivity contribution is 0.453. The van der Waals surface area contributed by atoms with Gasteiger partial charge in [0.1, 0.15) is 7.14 Å². The van der Waals surface area contributed by atoms with E-state index in [0.717, 1.165) is 22.9 Å². The van der Waals surface area contributed by atoms with E-state index in [2.05, 4.69) is 24.3 Å². The van der Waals surface area contributed by atoms with E-state index in [1.807, 2.05) is 36.4 Å². The molecule has 4 rings (SSSR count). The molecule has 2 aliphatic rings. The molecule has 0 spiro atoms. The van der Waals surface area contributed by atoms with E-state index in [9.17, 15) is 4.57 Å². The fourth-order valence-electron chi connectivity index (χ4n) is 4.81. The van der Waals surface area contributed by atoms with Crippen LogP contribution in [0.5, 0.6) is 0 Å². The molecule has 2 aromatic carbocycles. The summed E-state index contributed by atoms with van der Waals surface area (Å²) in [6, 6.07) is 20.5. The minimum Gasteiger partial charge on any atom is -0.313 e. The summed E-state index contributed by atoms with van der Waals surface area (Å²) in [5.74, 6) is 1.50. The van der Waals surface area contributed by atoms with Crippen molar-refractivity contribution in [3.8, 4) is 0 Å². The van der Waals surface area contributed by atoms with Gasteiger partial charge < -0.3 is 4.57 Å². The zero-order valence-corrected chi connectivity index (χ0v) is 13.8. The SMILES string of the molecule is O=P(c1ccccc1)(c1ccccc1)C1CCC2CCCC21. The first-order valence-corrected chi connectivity index (χ1v) is 10.3. The molecular weight excluding hydrogens is 287 g/mol. The molecule has 0 N–H and O–H groups in total. The van der Waals surface area contributed by atoms with Gasteiger partial charge in [0, 0.05) is 16.3 Å². The Kier molecular flexibility index (Phi) is 3.70. The van der Waals surface area contributed by atoms with Crippen molar-refractivity contribution in [3.05, 3.63) is 60.7 Å². The second-order valence-electron chi connectivity index (χ2n) is 6.83. The van der Waals surface area contributed by atoms with Crippen molar-refractivity contribution in [3.63, 3.8) is 0 Å². The minimum absolute atomic E-state index is 0.352. The number of rotatable bonds is 3. The predicted molar refractivity (Wildman–Crippen MR) is 93.6 cm³/mol. The second-order valence-corrected chi connectivity index (χ2v) is 9.84. The molecule has 3 unspecified atom stereocenters. The number of benzene rings is 2. The lowest BCUT2D eigenvalue weighted by atomic mass is 10.0. The smallest absolute Gasteiger partial charge is 0.146 e. The van der Waals surface area contributed by atoms with Crippen LogP contribution in [0.4, 0.5) is 0 Å². The van der Waals surface area contributed by atoms with Gasteiger partial charge in [0.15, 0.2) is 0 Å². The van der Waals surface area contributed by atoms with Crippen LogP contribution in [0.3, 0.4) is 0 Å². The molecule has 0 radical (unpaired) electrons. The molecule has 114 valence electrons. The van der Waals surface area contributed by atoms with Gasteiger partial charge in [0.2, 0.25) is 0 Å². The van der Waals surface area contributed by atoms with Gasteiger partial charge in [0.25, 0.3) is 0 Å². The minimum atomic E-state index is -2.54. The van der Waals surface area contributed by atoms with Gasteiger partial charge in [-0.2, -0.15) is 0 Å². The van der Waals surface area contributed by atoms with Crippen LogP contribution in [0.2, 0.25) is 0 Å². The summed E-state index contributed by atoms with van der Waals surface area (Å²) < 4.78 is 14.4. The average molecular weight is 310 g/mol. The second kappa shape index (κ2) is 5.70. The maximum atomic E-state index is 14.4. The molecular formula is C20H23OP. The van der Waals surface area contributed by atoms with Gasteiger partial charge >= 0.3 is 0 Å². The zero-order valence-electron chi connectivity index (χ0n) is 12.9. The Labute approximate surface area is 133 Å². The summed E-state index contributed by atoms with van der Waals surface area (Å²) in [7, 11) is -2.54. The van der Waals surface area contributed by atoms with E-state index < -0.39 is 7.14 Å². The molecule has 2 fully saturated rings. The first kappa shape index (κ1) is 14.3. The number of hydrogen-bond acceptors (Lipinski definition) is 1. The molecule has 0 amide bonds. The van der Waals surface area contributed by atoms with Crippen LogP contribution < -0.4 is 10.6 Å². The number of fused-ring (bicyclic) bond motifs is 1. The van der Waals surface area contributed by atoms with E-state index in [0.29, 0.717) is 11.6 Å². The number of hydrogen-bond donors (Lipinski definition) is 0. The van der Waals surface area contributed by atoms with Crippen LogP contribution in [0.1, 0.15) is 32.1 Å². The Hall–Kier alpha value is -1.33. The molecule has 0 saturated heterocycles. The summed E-state index contributed by atoms with van der Waals surface area (Å²) in [6.07, 6.45) is 6.37. The van der Waals surface area contributed by atoms with Crippen LogP contribution in [0.25, 0.3) is 0 Å². The van der Waals surface area contributed by atoms with Crippen LogP contribution >= 0.6 is 7.14 Å². The Balaban J connectivity index is 1.85. The van der Waals surface area contributed by atoms with E-state index in [4.69, 9.17) is 0 Å². The first-order valence-electron chi connectivity index (χ1n) is 8.51. The summed E-state index contributed by atoms with van der Waals surface area (Å²) in [4.78, 5) is 0. The monoisotopic (exact) mass is 310 g/mol. The predicted octanol–water partition coefficient (Wildman–Crippen LogP) is 4.58. The third kappa shape index (κ3) is 2.18. The van der Waals surface area contributed by atoms with Crippen molar-refractivity contribution in [1.82, 2.24) is 0 Å². The van der Waals surface area contributed by atoms with Crippen LogP contribution in [-0.4, -0.2) is 5.66 Å². The van der Waals surface area contributed by atoms with Gasteiger partial charge in [-0.15, -0.1) is 0 Å². The topological polar surface area (TPSA) is 17.1 Å². The van der Waals surface area contributed by atoms with E-state index >= 15 is 0 Å². The largest absolute Gasteiger partial charge is 0.313 e. The lowest BCUT2D eigenvalue weighted by Crippen LogP contribution is -2.28. The Morgan fingerprint density at radius 2 is 1.32 bits per heavy atom. The van der Waals surface area contributed by atoms with Gasteiger partial charge in [0.05, 0.1) is 0 Å². The molecule has 22 heavy (non-hydrogen) atoms. The Bertz CT molecular complexity index is 636. The van der Waals surface area contributed by atoms with Gasteiger partial charge in [-0.25, -0.2) is 0 Å². The fraction of sp³-hybridized carbons (Fsp3) is 0.400. The van der Waals surface area contributed by atoms with E-state index in [1.165, 1.54) is 25.7 Å². The molecule has 2 heteroatoms. The Morgan fingerprint density at radius 1 is 0.727 bits per heavy atom. The molecule has 0 heterocycles. The van der Waals surface area contributed by atoms with Crippen LogP contribution in [0, 0.1) is 11.8 Å². The molecule has 3 atom stereocenters. The summed E-state index contributed by atoms with van der Waals surface area (Å²) in [5, 5.41) is 2.11. The molecule has 2 aliphatic carbocycles. The van der Waals surface area contributed by atoms with Crippen molar-refractivity contribution in [2.45, 2.75) is 37.8 Å². The molecule has 1 nitrogen and oxygen atoms in total. The van der Waals surface area contributed by atoms with Crippen molar-refractivity contribution in [2.24, 2.45) is 11.8 Å². The molecule has 0 aliphatic heterocycles. The van der Waals surface area contributed by atoms with Crippen LogP contribution in [0.15, 0.2) is 60.7 Å². The standard InChI is InChI=1S/C20H23OP/c21-22(17-9-3-1-4-10-17,18-11-5-2-6-12-18)20-15-14-16-8-7-13-19(16)20/h1-6,9-12,16,19-20H,7-8,13-15H2. The molecule has 2 saturated carbocycles. The maximum absolute atomic E-state index is 14.4. The van der Waals surface area contributed by atoms with Crippen molar-refractivity contribution < 1.29 is 4.57 Å². The summed E-state index contributed by atoms with van der Waals surface area (Å²) >= 11 is 0. The average Bonchev–Trinajstić information content (AvgIpc) is 3.19.